The minimum atomic E-state index is -0.705. The molecule has 0 atom stereocenters. The normalized spacial score (nSPS) is 10.4. The summed E-state index contributed by atoms with van der Waals surface area (Å²) in [6.07, 6.45) is 1.36. The molecular formula is C19H15F2N3O. The van der Waals surface area contributed by atoms with E-state index in [-0.39, 0.29) is 17.3 Å². The number of carbonyl (C=O) groups is 1. The van der Waals surface area contributed by atoms with Gasteiger partial charge in [-0.2, -0.15) is 0 Å². The van der Waals surface area contributed by atoms with Crippen LogP contribution in [0.15, 0.2) is 66.9 Å². The fraction of sp³-hybridized carbons (Fsp3) is 0.0526. The SMILES string of the molecule is CN(C(=O)c1ccc(Nc2c(F)cccc2F)cn1)c1ccccc1. The van der Waals surface area contributed by atoms with Crippen molar-refractivity contribution in [1.82, 2.24) is 4.98 Å². The van der Waals surface area contributed by atoms with Crippen LogP contribution in [0.5, 0.6) is 0 Å². The van der Waals surface area contributed by atoms with Crippen LogP contribution in [0.25, 0.3) is 0 Å². The minimum Gasteiger partial charge on any atom is -0.349 e. The van der Waals surface area contributed by atoms with Crippen LogP contribution < -0.4 is 10.2 Å². The molecule has 1 aromatic heterocycles. The van der Waals surface area contributed by atoms with E-state index in [0.717, 1.165) is 17.8 Å². The number of halogens is 2. The topological polar surface area (TPSA) is 45.2 Å². The second kappa shape index (κ2) is 7.09. The number of hydrogen-bond donors (Lipinski definition) is 1. The molecule has 3 aromatic rings. The molecule has 6 heteroatoms. The zero-order chi connectivity index (χ0) is 17.8. The molecule has 0 saturated heterocycles. The fourth-order valence-electron chi connectivity index (χ4n) is 2.30. The Bertz CT molecular complexity index is 863. The van der Waals surface area contributed by atoms with Crippen LogP contribution in [0.3, 0.4) is 0 Å². The van der Waals surface area contributed by atoms with Gasteiger partial charge in [-0.25, -0.2) is 13.8 Å². The molecule has 0 bridgehead atoms. The van der Waals surface area contributed by atoms with Gasteiger partial charge in [0.25, 0.3) is 5.91 Å². The number of amides is 1. The van der Waals surface area contributed by atoms with E-state index in [1.807, 2.05) is 30.3 Å². The lowest BCUT2D eigenvalue weighted by Crippen LogP contribution is -2.26. The summed E-state index contributed by atoms with van der Waals surface area (Å²) in [5.74, 6) is -1.69. The van der Waals surface area contributed by atoms with Crippen molar-refractivity contribution in [1.29, 1.82) is 0 Å². The number of hydrogen-bond acceptors (Lipinski definition) is 3. The minimum absolute atomic E-state index is 0.228. The maximum absolute atomic E-state index is 13.7. The highest BCUT2D eigenvalue weighted by Crippen LogP contribution is 2.23. The van der Waals surface area contributed by atoms with Gasteiger partial charge < -0.3 is 10.2 Å². The molecule has 0 fully saturated rings. The highest BCUT2D eigenvalue weighted by Gasteiger charge is 2.15. The molecule has 1 N–H and O–H groups in total. The molecule has 0 aliphatic heterocycles. The fourth-order valence-corrected chi connectivity index (χ4v) is 2.30. The summed E-state index contributed by atoms with van der Waals surface area (Å²) in [7, 11) is 1.65. The summed E-state index contributed by atoms with van der Waals surface area (Å²) >= 11 is 0. The Balaban J connectivity index is 1.77. The lowest BCUT2D eigenvalue weighted by Gasteiger charge is -2.17. The number of anilines is 3. The Morgan fingerprint density at radius 2 is 1.64 bits per heavy atom. The van der Waals surface area contributed by atoms with E-state index < -0.39 is 11.6 Å². The van der Waals surface area contributed by atoms with E-state index in [0.29, 0.717) is 5.69 Å². The average Bonchev–Trinajstić information content (AvgIpc) is 2.65. The summed E-state index contributed by atoms with van der Waals surface area (Å²) in [6.45, 7) is 0. The summed E-state index contributed by atoms with van der Waals surface area (Å²) in [4.78, 5) is 18.0. The molecule has 3 rings (SSSR count). The Morgan fingerprint density at radius 3 is 2.24 bits per heavy atom. The molecule has 0 unspecified atom stereocenters. The number of rotatable bonds is 4. The lowest BCUT2D eigenvalue weighted by atomic mass is 10.2. The molecule has 0 radical (unpaired) electrons. The number of pyridine rings is 1. The standard InChI is InChI=1S/C19H15F2N3O/c1-24(14-6-3-2-4-7-14)19(25)17-11-10-13(12-22-17)23-18-15(20)8-5-9-16(18)21/h2-12,23H,1H3. The van der Waals surface area contributed by atoms with Crippen molar-refractivity contribution in [3.63, 3.8) is 0 Å². The zero-order valence-electron chi connectivity index (χ0n) is 13.4. The monoisotopic (exact) mass is 339 g/mol. The maximum atomic E-state index is 13.7. The first-order valence-electron chi connectivity index (χ1n) is 7.56. The molecule has 126 valence electrons. The van der Waals surface area contributed by atoms with Gasteiger partial charge in [0, 0.05) is 12.7 Å². The van der Waals surface area contributed by atoms with E-state index in [1.54, 1.807) is 13.1 Å². The van der Waals surface area contributed by atoms with E-state index in [4.69, 9.17) is 0 Å². The van der Waals surface area contributed by atoms with Crippen LogP contribution >= 0.6 is 0 Å². The first-order valence-corrected chi connectivity index (χ1v) is 7.56. The van der Waals surface area contributed by atoms with Crippen molar-refractivity contribution >= 4 is 23.0 Å². The number of carbonyl (C=O) groups excluding carboxylic acids is 1. The number of aromatic nitrogens is 1. The number of benzene rings is 2. The lowest BCUT2D eigenvalue weighted by molar-refractivity contribution is 0.0988. The van der Waals surface area contributed by atoms with Crippen molar-refractivity contribution < 1.29 is 13.6 Å². The van der Waals surface area contributed by atoms with Gasteiger partial charge in [0.15, 0.2) is 0 Å². The van der Waals surface area contributed by atoms with Gasteiger partial charge in [-0.1, -0.05) is 24.3 Å². The van der Waals surface area contributed by atoms with Gasteiger partial charge in [-0.15, -0.1) is 0 Å². The molecule has 0 saturated carbocycles. The first-order chi connectivity index (χ1) is 12.1. The Kier molecular flexibility index (Phi) is 4.70. The molecule has 4 nitrogen and oxygen atoms in total. The van der Waals surface area contributed by atoms with Gasteiger partial charge in [-0.05, 0) is 36.4 Å². The molecule has 1 heterocycles. The Labute approximate surface area is 143 Å². The third kappa shape index (κ3) is 3.63. The third-order valence-electron chi connectivity index (χ3n) is 3.66. The second-order valence-electron chi connectivity index (χ2n) is 5.35. The average molecular weight is 339 g/mol. The molecule has 0 aliphatic carbocycles. The van der Waals surface area contributed by atoms with Gasteiger partial charge in [-0.3, -0.25) is 4.79 Å². The molecular weight excluding hydrogens is 324 g/mol. The molecule has 0 spiro atoms. The predicted molar refractivity (Wildman–Crippen MR) is 93.1 cm³/mol. The summed E-state index contributed by atoms with van der Waals surface area (Å²) in [6, 6.07) is 15.8. The first kappa shape index (κ1) is 16.6. The third-order valence-corrected chi connectivity index (χ3v) is 3.66. The summed E-state index contributed by atoms with van der Waals surface area (Å²) in [5.41, 5.74) is 1.09. The van der Waals surface area contributed by atoms with Crippen LogP contribution in [-0.4, -0.2) is 17.9 Å². The molecule has 0 aliphatic rings. The maximum Gasteiger partial charge on any atom is 0.276 e. The Morgan fingerprint density at radius 1 is 0.960 bits per heavy atom. The highest BCUT2D eigenvalue weighted by atomic mass is 19.1. The zero-order valence-corrected chi connectivity index (χ0v) is 13.4. The van der Waals surface area contributed by atoms with Crippen molar-refractivity contribution in [3.05, 3.63) is 84.2 Å². The van der Waals surface area contributed by atoms with E-state index in [2.05, 4.69) is 10.3 Å². The summed E-state index contributed by atoms with van der Waals surface area (Å²) < 4.78 is 27.3. The van der Waals surface area contributed by atoms with Crippen LogP contribution in [0.4, 0.5) is 25.8 Å². The van der Waals surface area contributed by atoms with Crippen molar-refractivity contribution in [2.24, 2.45) is 0 Å². The molecule has 2 aromatic carbocycles. The predicted octanol–water partition coefficient (Wildman–Crippen LogP) is 4.38. The van der Waals surface area contributed by atoms with Gasteiger partial charge in [0.1, 0.15) is 23.0 Å². The van der Waals surface area contributed by atoms with Gasteiger partial charge >= 0.3 is 0 Å². The van der Waals surface area contributed by atoms with E-state index in [1.165, 1.54) is 23.2 Å². The van der Waals surface area contributed by atoms with Crippen molar-refractivity contribution in [2.75, 3.05) is 17.3 Å². The van der Waals surface area contributed by atoms with Crippen LogP contribution in [-0.2, 0) is 0 Å². The highest BCUT2D eigenvalue weighted by molar-refractivity contribution is 6.04. The quantitative estimate of drug-likeness (QED) is 0.767. The van der Waals surface area contributed by atoms with Crippen molar-refractivity contribution in [3.8, 4) is 0 Å². The second-order valence-corrected chi connectivity index (χ2v) is 5.35. The smallest absolute Gasteiger partial charge is 0.276 e. The van der Waals surface area contributed by atoms with Crippen LogP contribution in [0.2, 0.25) is 0 Å². The van der Waals surface area contributed by atoms with E-state index >= 15 is 0 Å². The van der Waals surface area contributed by atoms with Gasteiger partial charge in [0.2, 0.25) is 0 Å². The molecule has 1 amide bonds. The number of nitrogens with zero attached hydrogens (tertiary/aromatic N) is 2. The Hall–Kier alpha value is -3.28. The van der Waals surface area contributed by atoms with Gasteiger partial charge in [0.05, 0.1) is 11.9 Å². The van der Waals surface area contributed by atoms with Crippen LogP contribution in [0.1, 0.15) is 10.5 Å². The van der Waals surface area contributed by atoms with Crippen LogP contribution in [0, 0.1) is 11.6 Å². The number of para-hydroxylation sites is 2. The number of nitrogens with one attached hydrogen (secondary N) is 1. The van der Waals surface area contributed by atoms with E-state index in [9.17, 15) is 13.6 Å². The largest absolute Gasteiger partial charge is 0.349 e. The van der Waals surface area contributed by atoms with Crippen molar-refractivity contribution in [2.45, 2.75) is 0 Å². The summed E-state index contributed by atoms with van der Waals surface area (Å²) in [5, 5.41) is 2.63. The molecule has 25 heavy (non-hydrogen) atoms.